The number of carbonyl (C=O) groups is 3. The van der Waals surface area contributed by atoms with Crippen LogP contribution in [0.1, 0.15) is 61.1 Å². The third kappa shape index (κ3) is 5.97. The van der Waals surface area contributed by atoms with Crippen molar-refractivity contribution in [3.05, 3.63) is 93.8 Å². The molecule has 3 N–H and O–H groups in total. The van der Waals surface area contributed by atoms with Gasteiger partial charge in [-0.1, -0.05) is 25.1 Å². The molecule has 2 heterocycles. The number of ketones is 1. The number of fused-ring (bicyclic) bond motifs is 1. The van der Waals surface area contributed by atoms with Gasteiger partial charge in [-0.3, -0.25) is 19.4 Å². The van der Waals surface area contributed by atoms with Crippen molar-refractivity contribution >= 4 is 23.8 Å². The Bertz CT molecular complexity index is 1510. The van der Waals surface area contributed by atoms with E-state index in [4.69, 9.17) is 9.47 Å². The molecule has 212 valence electrons. The summed E-state index contributed by atoms with van der Waals surface area (Å²) in [6.07, 6.45) is 2.48. The van der Waals surface area contributed by atoms with E-state index < -0.39 is 11.6 Å². The third-order valence-electron chi connectivity index (χ3n) is 7.13. The number of hydrogen-bond acceptors (Lipinski definition) is 7. The molecule has 10 heteroatoms. The van der Waals surface area contributed by atoms with E-state index in [2.05, 4.69) is 20.9 Å². The van der Waals surface area contributed by atoms with Crippen LogP contribution in [0, 0.1) is 5.82 Å². The second-order valence-corrected chi connectivity index (χ2v) is 9.91. The molecule has 0 aliphatic carbocycles. The van der Waals surface area contributed by atoms with Crippen LogP contribution in [0.25, 0.3) is 0 Å². The van der Waals surface area contributed by atoms with E-state index >= 15 is 4.39 Å². The Hall–Kier alpha value is -4.57. The number of hydrogen-bond donors (Lipinski definition) is 3. The lowest BCUT2D eigenvalue weighted by Gasteiger charge is -2.21. The lowest BCUT2D eigenvalue weighted by atomic mass is 10.00. The van der Waals surface area contributed by atoms with E-state index in [-0.39, 0.29) is 46.5 Å². The van der Waals surface area contributed by atoms with Crippen molar-refractivity contribution in [1.29, 1.82) is 0 Å². The lowest BCUT2D eigenvalue weighted by Crippen LogP contribution is -2.51. The summed E-state index contributed by atoms with van der Waals surface area (Å²) in [5, 5.41) is 9.18. The first-order valence-corrected chi connectivity index (χ1v) is 13.5. The highest BCUT2D eigenvalue weighted by atomic mass is 19.1. The molecular weight excluding hydrogens is 527 g/mol. The largest absolute Gasteiger partial charge is 0.494 e. The van der Waals surface area contributed by atoms with Crippen molar-refractivity contribution in [1.82, 2.24) is 16.0 Å². The number of rotatable bonds is 10. The molecule has 0 spiro atoms. The quantitative estimate of drug-likeness (QED) is 0.329. The zero-order valence-electron chi connectivity index (χ0n) is 22.8. The van der Waals surface area contributed by atoms with Gasteiger partial charge in [-0.25, -0.2) is 4.39 Å². The van der Waals surface area contributed by atoms with Crippen molar-refractivity contribution in [3.8, 4) is 11.5 Å². The topological polar surface area (TPSA) is 118 Å². The molecule has 5 rings (SSSR count). The Balaban J connectivity index is 1.25. The van der Waals surface area contributed by atoms with Gasteiger partial charge in [0.25, 0.3) is 11.8 Å². The number of nitrogens with zero attached hydrogens (tertiary/aromatic N) is 1. The number of carbonyl (C=O) groups excluding carboxylic acids is 3. The fourth-order valence-electron chi connectivity index (χ4n) is 4.90. The highest BCUT2D eigenvalue weighted by Gasteiger charge is 2.30. The summed E-state index contributed by atoms with van der Waals surface area (Å²) in [6, 6.07) is 13.7. The molecule has 1 fully saturated rings. The lowest BCUT2D eigenvalue weighted by molar-refractivity contribution is 0.0896. The molecule has 41 heavy (non-hydrogen) atoms. The number of aliphatic imine (C=N–C) groups is 1. The van der Waals surface area contributed by atoms with Crippen LogP contribution in [0.5, 0.6) is 11.5 Å². The first-order valence-electron chi connectivity index (χ1n) is 13.5. The molecule has 1 saturated heterocycles. The van der Waals surface area contributed by atoms with Crippen molar-refractivity contribution in [2.45, 2.75) is 32.0 Å². The molecule has 0 aromatic heterocycles. The van der Waals surface area contributed by atoms with E-state index in [1.807, 2.05) is 19.1 Å². The number of nitrogens with one attached hydrogen (secondary N) is 3. The van der Waals surface area contributed by atoms with Gasteiger partial charge in [0.2, 0.25) is 0 Å². The van der Waals surface area contributed by atoms with E-state index in [0.29, 0.717) is 43.8 Å². The molecule has 3 aromatic carbocycles. The Morgan fingerprint density at radius 1 is 0.927 bits per heavy atom. The number of halogens is 1. The number of amides is 2. The van der Waals surface area contributed by atoms with Gasteiger partial charge in [0.15, 0.2) is 17.3 Å². The van der Waals surface area contributed by atoms with E-state index in [9.17, 15) is 14.4 Å². The van der Waals surface area contributed by atoms with Gasteiger partial charge in [-0.05, 0) is 53.9 Å². The Morgan fingerprint density at radius 2 is 1.56 bits per heavy atom. The maximum Gasteiger partial charge on any atom is 0.251 e. The Kier molecular flexibility index (Phi) is 8.39. The maximum atomic E-state index is 15.1. The molecule has 0 bridgehead atoms. The number of benzene rings is 3. The van der Waals surface area contributed by atoms with E-state index in [0.717, 1.165) is 11.1 Å². The van der Waals surface area contributed by atoms with Crippen LogP contribution >= 0.6 is 0 Å². The van der Waals surface area contributed by atoms with Gasteiger partial charge in [0.05, 0.1) is 32.3 Å². The van der Waals surface area contributed by atoms with Gasteiger partial charge < -0.3 is 25.4 Å². The van der Waals surface area contributed by atoms with Crippen LogP contribution < -0.4 is 25.4 Å². The third-order valence-corrected chi connectivity index (χ3v) is 7.13. The number of ether oxygens (including phenoxy) is 2. The summed E-state index contributed by atoms with van der Waals surface area (Å²) in [6.45, 7) is 3.79. The van der Waals surface area contributed by atoms with Crippen LogP contribution in [0.15, 0.2) is 59.6 Å². The van der Waals surface area contributed by atoms with Gasteiger partial charge in [0.1, 0.15) is 11.3 Å². The minimum absolute atomic E-state index is 0.0646. The maximum absolute atomic E-state index is 15.1. The smallest absolute Gasteiger partial charge is 0.251 e. The number of methoxy groups -OCH3 is 1. The SMILES string of the molecule is CCCOc1ccc(OC)c(F)c1C(=O)c1ccc(C(=O)N[C@@H]2CNC[C@H]2NC(=O)c2ccc3c(c2)CN=C3)cc1. The van der Waals surface area contributed by atoms with Crippen molar-refractivity contribution in [3.63, 3.8) is 0 Å². The Labute approximate surface area is 237 Å². The van der Waals surface area contributed by atoms with Gasteiger partial charge in [0, 0.05) is 36.0 Å². The molecule has 2 aliphatic rings. The summed E-state index contributed by atoms with van der Waals surface area (Å²) < 4.78 is 25.8. The predicted octanol–water partition coefficient (Wildman–Crippen LogP) is 3.29. The standard InChI is InChI=1S/C31H31FN4O5/c1-3-12-41-25-10-11-26(40-2)28(32)27(25)29(37)18-4-6-19(7-5-18)30(38)35-23-16-34-17-24(23)36-31(39)20-8-9-21-14-33-15-22(21)13-20/h4-11,13-14,23-24,34H,3,12,15-17H2,1-2H3,(H,35,38)(H,36,39)/t23-,24-/m1/s1. The van der Waals surface area contributed by atoms with Crippen LogP contribution in [0.4, 0.5) is 4.39 Å². The molecule has 0 radical (unpaired) electrons. The van der Waals surface area contributed by atoms with Gasteiger partial charge in [-0.2, -0.15) is 0 Å². The van der Waals surface area contributed by atoms with Crippen molar-refractivity contribution in [2.75, 3.05) is 26.8 Å². The molecular formula is C31H31FN4O5. The molecule has 2 atom stereocenters. The second-order valence-electron chi connectivity index (χ2n) is 9.91. The summed E-state index contributed by atoms with van der Waals surface area (Å²) >= 11 is 0. The van der Waals surface area contributed by atoms with Crippen LogP contribution in [-0.2, 0) is 6.54 Å². The molecule has 3 aromatic rings. The molecule has 2 aliphatic heterocycles. The molecule has 0 unspecified atom stereocenters. The van der Waals surface area contributed by atoms with Crippen molar-refractivity contribution < 1.29 is 28.2 Å². The summed E-state index contributed by atoms with van der Waals surface area (Å²) in [7, 11) is 1.32. The van der Waals surface area contributed by atoms with Crippen molar-refractivity contribution in [2.24, 2.45) is 4.99 Å². The zero-order valence-corrected chi connectivity index (χ0v) is 22.8. The minimum atomic E-state index is -0.803. The average molecular weight is 559 g/mol. The Morgan fingerprint density at radius 3 is 2.24 bits per heavy atom. The van der Waals surface area contributed by atoms with Crippen LogP contribution in [0.2, 0.25) is 0 Å². The molecule has 0 saturated carbocycles. The first kappa shape index (κ1) is 28.0. The zero-order chi connectivity index (χ0) is 28.9. The monoisotopic (exact) mass is 558 g/mol. The fourth-order valence-corrected chi connectivity index (χ4v) is 4.90. The predicted molar refractivity (Wildman–Crippen MR) is 152 cm³/mol. The fraction of sp³-hybridized carbons (Fsp3) is 0.290. The van der Waals surface area contributed by atoms with E-state index in [1.54, 1.807) is 12.3 Å². The normalized spacial score (nSPS) is 17.1. The summed E-state index contributed by atoms with van der Waals surface area (Å²) in [5.74, 6) is -1.89. The van der Waals surface area contributed by atoms with Gasteiger partial charge in [-0.15, -0.1) is 0 Å². The van der Waals surface area contributed by atoms with Crippen LogP contribution in [0.3, 0.4) is 0 Å². The average Bonchev–Trinajstić information content (AvgIpc) is 3.64. The van der Waals surface area contributed by atoms with Crippen LogP contribution in [-0.4, -0.2) is 62.7 Å². The van der Waals surface area contributed by atoms with E-state index in [1.165, 1.54) is 43.5 Å². The second kappa shape index (κ2) is 12.3. The minimum Gasteiger partial charge on any atom is -0.494 e. The van der Waals surface area contributed by atoms with Gasteiger partial charge >= 0.3 is 0 Å². The molecule has 9 nitrogen and oxygen atoms in total. The molecule has 2 amide bonds. The summed E-state index contributed by atoms with van der Waals surface area (Å²) in [4.78, 5) is 43.4. The summed E-state index contributed by atoms with van der Waals surface area (Å²) in [5.41, 5.74) is 2.87. The highest BCUT2D eigenvalue weighted by Crippen LogP contribution is 2.31. The first-order chi connectivity index (χ1) is 19.9. The highest BCUT2D eigenvalue weighted by molar-refractivity contribution is 6.11.